The summed E-state index contributed by atoms with van der Waals surface area (Å²) in [6.07, 6.45) is 5.21. The van der Waals surface area contributed by atoms with Crippen molar-refractivity contribution in [2.24, 2.45) is 0 Å². The highest BCUT2D eigenvalue weighted by molar-refractivity contribution is 7.80. The zero-order valence-electron chi connectivity index (χ0n) is 23.7. The number of carbonyl (C=O) groups excluding carboxylic acids is 1. The van der Waals surface area contributed by atoms with Gasteiger partial charge in [0.1, 0.15) is 0 Å². The smallest absolute Gasteiger partial charge is 0.226 e. The Labute approximate surface area is 247 Å². The van der Waals surface area contributed by atoms with Crippen molar-refractivity contribution in [3.63, 3.8) is 0 Å². The first-order valence-corrected chi connectivity index (χ1v) is 14.5. The van der Waals surface area contributed by atoms with Crippen LogP contribution in [-0.2, 0) is 11.2 Å². The quantitative estimate of drug-likeness (QED) is 0.299. The van der Waals surface area contributed by atoms with Crippen molar-refractivity contribution in [3.05, 3.63) is 94.3 Å². The maximum Gasteiger partial charge on any atom is 0.226 e. The van der Waals surface area contributed by atoms with Crippen LogP contribution in [0.25, 0.3) is 5.57 Å². The molecule has 0 bridgehead atoms. The van der Waals surface area contributed by atoms with Crippen LogP contribution in [-0.4, -0.2) is 40.0 Å². The molecule has 40 heavy (non-hydrogen) atoms. The first-order chi connectivity index (χ1) is 19.1. The normalized spacial score (nSPS) is 19.6. The van der Waals surface area contributed by atoms with Crippen LogP contribution in [0.3, 0.4) is 0 Å². The molecule has 2 N–H and O–H groups in total. The zero-order valence-corrected chi connectivity index (χ0v) is 25.2. The first kappa shape index (κ1) is 28.1. The van der Waals surface area contributed by atoms with Crippen molar-refractivity contribution in [3.8, 4) is 0 Å². The van der Waals surface area contributed by atoms with Gasteiger partial charge in [0, 0.05) is 48.2 Å². The minimum absolute atomic E-state index is 0.0529. The van der Waals surface area contributed by atoms with Gasteiger partial charge < -0.3 is 20.4 Å². The monoisotopic (exact) mass is 573 g/mol. The fraction of sp³-hybridized carbons (Fsp3) is 0.344. The van der Waals surface area contributed by atoms with E-state index in [-0.39, 0.29) is 30.0 Å². The van der Waals surface area contributed by atoms with Gasteiger partial charge in [-0.25, -0.2) is 0 Å². The number of aromatic nitrogens is 1. The van der Waals surface area contributed by atoms with Crippen LogP contribution in [0.2, 0.25) is 5.02 Å². The maximum atomic E-state index is 13.1. The highest BCUT2D eigenvalue weighted by Gasteiger charge is 2.41. The molecule has 1 amide bonds. The Hall–Kier alpha value is -3.42. The van der Waals surface area contributed by atoms with E-state index in [4.69, 9.17) is 23.8 Å². The van der Waals surface area contributed by atoms with E-state index in [0.717, 1.165) is 40.2 Å². The van der Waals surface area contributed by atoms with Crippen LogP contribution in [0, 0.1) is 0 Å². The van der Waals surface area contributed by atoms with Gasteiger partial charge in [-0.05, 0) is 86.4 Å². The number of allylic oxidation sites excluding steroid dienone is 1. The Morgan fingerprint density at radius 2 is 1.93 bits per heavy atom. The number of carbonyl (C=O) groups is 1. The van der Waals surface area contributed by atoms with E-state index in [0.29, 0.717) is 16.7 Å². The number of hydrogen-bond acceptors (Lipinski definition) is 4. The van der Waals surface area contributed by atoms with Crippen molar-refractivity contribution < 1.29 is 4.79 Å². The molecule has 2 atom stereocenters. The SMILES string of the molecule is CCc1ccccc1NC(=O)CCN1C(=S)N[C@@H](c2ccccn2)[C@H]1c1cc2c(cc1Cl)N(C)C(C)(C)C=C2C. The molecule has 8 heteroatoms. The third kappa shape index (κ3) is 5.32. The molecule has 1 fully saturated rings. The Morgan fingerprint density at radius 3 is 2.65 bits per heavy atom. The molecule has 5 rings (SSSR count). The van der Waals surface area contributed by atoms with Gasteiger partial charge in [-0.15, -0.1) is 0 Å². The number of benzene rings is 2. The molecule has 3 heterocycles. The Kier molecular flexibility index (Phi) is 7.89. The minimum Gasteiger partial charge on any atom is -0.365 e. The van der Waals surface area contributed by atoms with Gasteiger partial charge in [0.15, 0.2) is 5.11 Å². The summed E-state index contributed by atoms with van der Waals surface area (Å²) < 4.78 is 0. The lowest BCUT2D eigenvalue weighted by molar-refractivity contribution is -0.116. The second-order valence-corrected chi connectivity index (χ2v) is 11.9. The number of fused-ring (bicyclic) bond motifs is 1. The number of aryl methyl sites for hydroxylation is 1. The van der Waals surface area contributed by atoms with E-state index in [1.54, 1.807) is 6.20 Å². The molecule has 0 unspecified atom stereocenters. The third-order valence-electron chi connectivity index (χ3n) is 8.10. The van der Waals surface area contributed by atoms with Crippen LogP contribution >= 0.6 is 23.8 Å². The van der Waals surface area contributed by atoms with E-state index in [2.05, 4.69) is 78.4 Å². The molecule has 0 aliphatic carbocycles. The molecule has 1 aromatic heterocycles. The molecule has 0 saturated carbocycles. The third-order valence-corrected chi connectivity index (χ3v) is 8.78. The molecule has 208 valence electrons. The van der Waals surface area contributed by atoms with Gasteiger partial charge in [0.05, 0.1) is 23.3 Å². The summed E-state index contributed by atoms with van der Waals surface area (Å²) >= 11 is 12.9. The second-order valence-electron chi connectivity index (χ2n) is 11.1. The topological polar surface area (TPSA) is 60.5 Å². The summed E-state index contributed by atoms with van der Waals surface area (Å²) in [5, 5.41) is 7.82. The highest BCUT2D eigenvalue weighted by atomic mass is 35.5. The molecule has 0 spiro atoms. The van der Waals surface area contributed by atoms with Crippen molar-refractivity contribution in [2.75, 3.05) is 23.8 Å². The number of halogens is 1. The van der Waals surface area contributed by atoms with Gasteiger partial charge in [0.25, 0.3) is 0 Å². The molecule has 2 aromatic carbocycles. The summed E-state index contributed by atoms with van der Waals surface area (Å²) in [5.41, 5.74) is 7.13. The number of rotatable bonds is 7. The summed E-state index contributed by atoms with van der Waals surface area (Å²) in [5.74, 6) is -0.0529. The van der Waals surface area contributed by atoms with Crippen molar-refractivity contribution in [2.45, 2.75) is 58.2 Å². The molecule has 0 radical (unpaired) electrons. The zero-order chi connectivity index (χ0) is 28.6. The molecular weight excluding hydrogens is 538 g/mol. The van der Waals surface area contributed by atoms with Crippen LogP contribution < -0.4 is 15.5 Å². The van der Waals surface area contributed by atoms with E-state index < -0.39 is 0 Å². The highest BCUT2D eigenvalue weighted by Crippen LogP contribution is 2.46. The van der Waals surface area contributed by atoms with Crippen LogP contribution in [0.5, 0.6) is 0 Å². The number of thiocarbonyl (C=S) groups is 1. The second kappa shape index (κ2) is 11.2. The van der Waals surface area contributed by atoms with Crippen molar-refractivity contribution >= 4 is 51.8 Å². The summed E-state index contributed by atoms with van der Waals surface area (Å²) in [6.45, 7) is 9.07. The first-order valence-electron chi connectivity index (χ1n) is 13.7. The van der Waals surface area contributed by atoms with E-state index >= 15 is 0 Å². The number of anilines is 2. The summed E-state index contributed by atoms with van der Waals surface area (Å²) in [7, 11) is 2.10. The standard InChI is InChI=1S/C32H36ClN5OS/c1-6-21-11-7-8-12-25(21)35-28(39)14-16-38-30(29(36-31(38)40)26-13-9-10-15-34-26)23-17-22-20(2)19-32(3,4)37(5)27(22)18-24(23)33/h7-13,15,17-19,29-30H,6,14,16H2,1-5H3,(H,35,39)(H,36,40)/t29-,30+/m0/s1. The largest absolute Gasteiger partial charge is 0.365 e. The summed E-state index contributed by atoms with van der Waals surface area (Å²) in [6, 6.07) is 17.6. The average molecular weight is 574 g/mol. The van der Waals surface area contributed by atoms with Crippen LogP contribution in [0.15, 0.2) is 66.9 Å². The number of nitrogens with one attached hydrogen (secondary N) is 2. The minimum atomic E-state index is -0.232. The lowest BCUT2D eigenvalue weighted by Crippen LogP contribution is -2.42. The number of amides is 1. The molecule has 2 aliphatic heterocycles. The predicted molar refractivity (Wildman–Crippen MR) is 169 cm³/mol. The van der Waals surface area contributed by atoms with Crippen molar-refractivity contribution in [1.29, 1.82) is 0 Å². The Bertz CT molecular complexity index is 1470. The average Bonchev–Trinajstić information content (AvgIpc) is 3.26. The molecule has 3 aromatic rings. The van der Waals surface area contributed by atoms with E-state index in [1.807, 2.05) is 42.5 Å². The van der Waals surface area contributed by atoms with Gasteiger partial charge >= 0.3 is 0 Å². The molecular formula is C32H36ClN5OS. The number of pyridine rings is 1. The maximum absolute atomic E-state index is 13.1. The number of likely N-dealkylation sites (N-methyl/N-ethyl adjacent to an activating group) is 1. The number of nitrogens with zero attached hydrogens (tertiary/aromatic N) is 3. The van der Waals surface area contributed by atoms with Crippen molar-refractivity contribution in [1.82, 2.24) is 15.2 Å². The van der Waals surface area contributed by atoms with Crippen LogP contribution in [0.4, 0.5) is 11.4 Å². The van der Waals surface area contributed by atoms with Gasteiger partial charge in [-0.2, -0.15) is 0 Å². The Morgan fingerprint density at radius 1 is 1.18 bits per heavy atom. The van der Waals surface area contributed by atoms with E-state index in [1.165, 1.54) is 5.57 Å². The van der Waals surface area contributed by atoms with E-state index in [9.17, 15) is 4.79 Å². The molecule has 2 aliphatic rings. The Balaban J connectivity index is 1.49. The fourth-order valence-electron chi connectivity index (χ4n) is 5.78. The van der Waals surface area contributed by atoms with Gasteiger partial charge in [0.2, 0.25) is 5.91 Å². The lowest BCUT2D eigenvalue weighted by Gasteiger charge is -2.41. The number of hydrogen-bond donors (Lipinski definition) is 2. The van der Waals surface area contributed by atoms with Crippen LogP contribution in [0.1, 0.15) is 68.6 Å². The molecule has 6 nitrogen and oxygen atoms in total. The van der Waals surface area contributed by atoms with Gasteiger partial charge in [-0.1, -0.05) is 48.9 Å². The number of para-hydroxylation sites is 1. The van der Waals surface area contributed by atoms with Gasteiger partial charge in [-0.3, -0.25) is 9.78 Å². The molecule has 1 saturated heterocycles. The summed E-state index contributed by atoms with van der Waals surface area (Å²) in [4.78, 5) is 22.1. The predicted octanol–water partition coefficient (Wildman–Crippen LogP) is 6.93. The fourth-order valence-corrected chi connectivity index (χ4v) is 6.39. The lowest BCUT2D eigenvalue weighted by atomic mass is 9.86.